The number of anilines is 2. The van der Waals surface area contributed by atoms with Crippen molar-refractivity contribution in [1.82, 2.24) is 24.7 Å². The number of hydrogen-bond donors (Lipinski definition) is 3. The maximum absolute atomic E-state index is 4.65. The fourth-order valence-corrected chi connectivity index (χ4v) is 2.97. The fraction of sp³-hybridized carbons (Fsp3) is 0.353. The zero-order valence-corrected chi connectivity index (χ0v) is 13.7. The second kappa shape index (κ2) is 6.45. The molecule has 0 aliphatic carbocycles. The van der Waals surface area contributed by atoms with Crippen LogP contribution in [0, 0.1) is 6.92 Å². The maximum atomic E-state index is 4.65. The Balaban J connectivity index is 1.43. The summed E-state index contributed by atoms with van der Waals surface area (Å²) in [6.45, 7) is 4.69. The van der Waals surface area contributed by atoms with E-state index in [9.17, 15) is 0 Å². The van der Waals surface area contributed by atoms with Gasteiger partial charge in [-0.05, 0) is 37.6 Å². The average molecular weight is 323 g/mol. The SMILES string of the molecule is Cc1cccn2cc(CNc3nccc(NC4CCNC4)n3)nc12. The minimum Gasteiger partial charge on any atom is -0.366 e. The maximum Gasteiger partial charge on any atom is 0.224 e. The first-order chi connectivity index (χ1) is 11.8. The predicted octanol–water partition coefficient (Wildman–Crippen LogP) is 1.82. The van der Waals surface area contributed by atoms with Crippen LogP contribution in [0.4, 0.5) is 11.8 Å². The highest BCUT2D eigenvalue weighted by Crippen LogP contribution is 2.13. The first-order valence-electron chi connectivity index (χ1n) is 8.25. The van der Waals surface area contributed by atoms with E-state index in [1.165, 1.54) is 0 Å². The molecule has 7 nitrogen and oxygen atoms in total. The molecule has 1 unspecified atom stereocenters. The largest absolute Gasteiger partial charge is 0.366 e. The van der Waals surface area contributed by atoms with Crippen LogP contribution in [0.1, 0.15) is 17.7 Å². The topological polar surface area (TPSA) is 79.2 Å². The standard InChI is InChI=1S/C17H21N7/c1-12-3-2-8-24-11-14(22-16(12)24)10-20-17-19-7-5-15(23-17)21-13-4-6-18-9-13/h2-3,5,7-8,11,13,18H,4,6,9-10H2,1H3,(H2,19,20,21,23). The Hall–Kier alpha value is -2.67. The summed E-state index contributed by atoms with van der Waals surface area (Å²) < 4.78 is 2.04. The summed E-state index contributed by atoms with van der Waals surface area (Å²) in [5, 5.41) is 10.0. The highest BCUT2D eigenvalue weighted by atomic mass is 15.2. The minimum absolute atomic E-state index is 0.439. The van der Waals surface area contributed by atoms with Crippen LogP contribution < -0.4 is 16.0 Å². The van der Waals surface area contributed by atoms with Gasteiger partial charge >= 0.3 is 0 Å². The van der Waals surface area contributed by atoms with Gasteiger partial charge in [-0.15, -0.1) is 0 Å². The first-order valence-corrected chi connectivity index (χ1v) is 8.25. The van der Waals surface area contributed by atoms with Crippen LogP contribution in [0.3, 0.4) is 0 Å². The summed E-state index contributed by atoms with van der Waals surface area (Å²) in [6, 6.07) is 6.43. The lowest BCUT2D eigenvalue weighted by Gasteiger charge is -2.12. The number of hydrogen-bond acceptors (Lipinski definition) is 6. The van der Waals surface area contributed by atoms with E-state index < -0.39 is 0 Å². The molecular weight excluding hydrogens is 302 g/mol. The van der Waals surface area contributed by atoms with Gasteiger partial charge in [-0.1, -0.05) is 6.07 Å². The molecule has 3 aromatic heterocycles. The number of nitrogens with zero attached hydrogens (tertiary/aromatic N) is 4. The van der Waals surface area contributed by atoms with Gasteiger partial charge in [0.2, 0.25) is 5.95 Å². The molecule has 1 fully saturated rings. The number of imidazole rings is 1. The smallest absolute Gasteiger partial charge is 0.224 e. The Morgan fingerprint density at radius 2 is 2.29 bits per heavy atom. The summed E-state index contributed by atoms with van der Waals surface area (Å²) in [5.41, 5.74) is 3.11. The third-order valence-corrected chi connectivity index (χ3v) is 4.22. The van der Waals surface area contributed by atoms with Crippen LogP contribution in [0.25, 0.3) is 5.65 Å². The highest BCUT2D eigenvalue weighted by Gasteiger charge is 2.14. The van der Waals surface area contributed by atoms with Gasteiger partial charge in [-0.25, -0.2) is 9.97 Å². The fourth-order valence-electron chi connectivity index (χ4n) is 2.97. The molecule has 1 aliphatic heterocycles. The number of rotatable bonds is 5. The summed E-state index contributed by atoms with van der Waals surface area (Å²) in [4.78, 5) is 13.5. The van der Waals surface area contributed by atoms with Gasteiger partial charge in [-0.2, -0.15) is 4.98 Å². The van der Waals surface area contributed by atoms with E-state index in [2.05, 4.69) is 43.9 Å². The van der Waals surface area contributed by atoms with Crippen molar-refractivity contribution in [2.45, 2.75) is 25.9 Å². The van der Waals surface area contributed by atoms with Gasteiger partial charge < -0.3 is 20.4 Å². The van der Waals surface area contributed by atoms with Crippen LogP contribution in [0.2, 0.25) is 0 Å². The van der Waals surface area contributed by atoms with Gasteiger partial charge in [0.15, 0.2) is 0 Å². The van der Waals surface area contributed by atoms with E-state index in [0.29, 0.717) is 18.5 Å². The van der Waals surface area contributed by atoms with E-state index in [1.54, 1.807) is 6.20 Å². The lowest BCUT2D eigenvalue weighted by atomic mass is 10.2. The Morgan fingerprint density at radius 1 is 1.33 bits per heavy atom. The van der Waals surface area contributed by atoms with Gasteiger partial charge in [0.05, 0.1) is 12.2 Å². The second-order valence-electron chi connectivity index (χ2n) is 6.11. The van der Waals surface area contributed by atoms with Crippen LogP contribution in [-0.4, -0.2) is 38.5 Å². The summed E-state index contributed by atoms with van der Waals surface area (Å²) in [5.74, 6) is 1.46. The van der Waals surface area contributed by atoms with E-state index in [1.807, 2.05) is 28.9 Å². The van der Waals surface area contributed by atoms with Crippen LogP contribution in [0.5, 0.6) is 0 Å². The van der Waals surface area contributed by atoms with Crippen molar-refractivity contribution in [2.24, 2.45) is 0 Å². The highest BCUT2D eigenvalue weighted by molar-refractivity contribution is 5.48. The van der Waals surface area contributed by atoms with Crippen molar-refractivity contribution in [3.63, 3.8) is 0 Å². The molecule has 0 bridgehead atoms. The lowest BCUT2D eigenvalue weighted by molar-refractivity contribution is 0.787. The molecule has 3 N–H and O–H groups in total. The number of aromatic nitrogens is 4. The van der Waals surface area contributed by atoms with Crippen molar-refractivity contribution in [2.75, 3.05) is 23.7 Å². The molecule has 1 saturated heterocycles. The predicted molar refractivity (Wildman–Crippen MR) is 94.2 cm³/mol. The third-order valence-electron chi connectivity index (χ3n) is 4.22. The monoisotopic (exact) mass is 323 g/mol. The van der Waals surface area contributed by atoms with Gasteiger partial charge in [-0.3, -0.25) is 0 Å². The summed E-state index contributed by atoms with van der Waals surface area (Å²) in [6.07, 6.45) is 6.93. The van der Waals surface area contributed by atoms with Crippen LogP contribution in [-0.2, 0) is 6.54 Å². The molecule has 24 heavy (non-hydrogen) atoms. The second-order valence-corrected chi connectivity index (χ2v) is 6.11. The molecule has 1 atom stereocenters. The molecule has 4 rings (SSSR count). The molecule has 0 aromatic carbocycles. The van der Waals surface area contributed by atoms with Gasteiger partial charge in [0.1, 0.15) is 11.5 Å². The quantitative estimate of drug-likeness (QED) is 0.665. The Kier molecular flexibility index (Phi) is 4.00. The van der Waals surface area contributed by atoms with E-state index in [0.717, 1.165) is 42.2 Å². The Labute approximate surface area is 140 Å². The molecule has 0 radical (unpaired) electrons. The normalized spacial score (nSPS) is 17.3. The molecule has 4 heterocycles. The summed E-state index contributed by atoms with van der Waals surface area (Å²) >= 11 is 0. The molecule has 0 spiro atoms. The summed E-state index contributed by atoms with van der Waals surface area (Å²) in [7, 11) is 0. The number of pyridine rings is 1. The van der Waals surface area contributed by atoms with E-state index in [4.69, 9.17) is 0 Å². The molecule has 124 valence electrons. The van der Waals surface area contributed by atoms with Crippen LogP contribution in [0.15, 0.2) is 36.8 Å². The zero-order valence-electron chi connectivity index (χ0n) is 13.7. The minimum atomic E-state index is 0.439. The molecule has 7 heteroatoms. The Bertz CT molecular complexity index is 836. The Morgan fingerprint density at radius 3 is 3.12 bits per heavy atom. The first kappa shape index (κ1) is 14.9. The molecule has 0 saturated carbocycles. The van der Waals surface area contributed by atoms with Gasteiger partial charge in [0, 0.05) is 31.2 Å². The van der Waals surface area contributed by atoms with Crippen molar-refractivity contribution in [3.05, 3.63) is 48.0 Å². The van der Waals surface area contributed by atoms with Gasteiger partial charge in [0.25, 0.3) is 0 Å². The van der Waals surface area contributed by atoms with E-state index >= 15 is 0 Å². The molecule has 1 aliphatic rings. The van der Waals surface area contributed by atoms with Crippen LogP contribution >= 0.6 is 0 Å². The van der Waals surface area contributed by atoms with E-state index in [-0.39, 0.29) is 0 Å². The average Bonchev–Trinajstić information content (AvgIpc) is 3.23. The molecule has 3 aromatic rings. The molecule has 0 amide bonds. The lowest BCUT2D eigenvalue weighted by Crippen LogP contribution is -2.22. The zero-order chi connectivity index (χ0) is 16.4. The van der Waals surface area contributed by atoms with Crippen molar-refractivity contribution in [3.8, 4) is 0 Å². The third kappa shape index (κ3) is 3.16. The van der Waals surface area contributed by atoms with Crippen molar-refractivity contribution < 1.29 is 0 Å². The number of fused-ring (bicyclic) bond motifs is 1. The number of aryl methyl sites for hydroxylation is 1. The van der Waals surface area contributed by atoms with Crippen molar-refractivity contribution >= 4 is 17.4 Å². The molecular formula is C17H21N7. The van der Waals surface area contributed by atoms with Crippen molar-refractivity contribution in [1.29, 1.82) is 0 Å². The number of nitrogens with one attached hydrogen (secondary N) is 3.